The molecule has 0 amide bonds. The smallest absolute Gasteiger partial charge is 0.193 e. The quantitative estimate of drug-likeness (QED) is 0.787. The summed E-state index contributed by atoms with van der Waals surface area (Å²) in [5.74, 6) is -1.44. The van der Waals surface area contributed by atoms with Crippen LogP contribution in [0.4, 0.5) is 8.78 Å². The van der Waals surface area contributed by atoms with Gasteiger partial charge in [0.05, 0.1) is 6.61 Å². The molecule has 2 rings (SSSR count). The second-order valence-corrected chi connectivity index (χ2v) is 3.92. The highest BCUT2D eigenvalue weighted by atomic mass is 19.1. The predicted molar refractivity (Wildman–Crippen MR) is 67.4 cm³/mol. The van der Waals surface area contributed by atoms with Crippen molar-refractivity contribution in [2.24, 2.45) is 0 Å². The van der Waals surface area contributed by atoms with Gasteiger partial charge >= 0.3 is 0 Å². The van der Waals surface area contributed by atoms with Gasteiger partial charge < -0.3 is 4.74 Å². The molecule has 0 heterocycles. The number of rotatable bonds is 4. The molecule has 0 radical (unpaired) electrons. The molecule has 0 aliphatic carbocycles. The number of ketones is 1. The van der Waals surface area contributed by atoms with Gasteiger partial charge in [0.1, 0.15) is 5.82 Å². The van der Waals surface area contributed by atoms with Crippen LogP contribution in [-0.2, 0) is 0 Å². The minimum absolute atomic E-state index is 0.0956. The van der Waals surface area contributed by atoms with E-state index >= 15 is 0 Å². The van der Waals surface area contributed by atoms with Crippen LogP contribution < -0.4 is 4.74 Å². The van der Waals surface area contributed by atoms with E-state index in [4.69, 9.17) is 4.74 Å². The molecule has 0 N–H and O–H groups in total. The Bertz CT molecular complexity index is 609. The number of hydrogen-bond donors (Lipinski definition) is 0. The summed E-state index contributed by atoms with van der Waals surface area (Å²) in [4.78, 5) is 12.0. The van der Waals surface area contributed by atoms with Crippen LogP contribution in [-0.4, -0.2) is 12.4 Å². The summed E-state index contributed by atoms with van der Waals surface area (Å²) in [6, 6.07) is 9.24. The molecule has 2 aromatic rings. The topological polar surface area (TPSA) is 26.3 Å². The summed E-state index contributed by atoms with van der Waals surface area (Å²) >= 11 is 0. The average molecular weight is 262 g/mol. The van der Waals surface area contributed by atoms with Crippen molar-refractivity contribution < 1.29 is 18.3 Å². The van der Waals surface area contributed by atoms with Gasteiger partial charge in [-0.1, -0.05) is 12.1 Å². The van der Waals surface area contributed by atoms with Crippen molar-refractivity contribution in [3.63, 3.8) is 0 Å². The molecule has 0 saturated carbocycles. The number of halogens is 2. The maximum Gasteiger partial charge on any atom is 0.193 e. The van der Waals surface area contributed by atoms with E-state index in [2.05, 4.69) is 0 Å². The maximum atomic E-state index is 13.6. The highest BCUT2D eigenvalue weighted by Crippen LogP contribution is 2.20. The van der Waals surface area contributed by atoms with Crippen molar-refractivity contribution in [3.8, 4) is 5.75 Å². The first kappa shape index (κ1) is 13.2. The lowest BCUT2D eigenvalue weighted by molar-refractivity contribution is 0.103. The summed E-state index contributed by atoms with van der Waals surface area (Å²) < 4.78 is 31.7. The molecule has 4 heteroatoms. The van der Waals surface area contributed by atoms with Crippen LogP contribution in [0.2, 0.25) is 0 Å². The zero-order valence-electron chi connectivity index (χ0n) is 10.3. The largest absolute Gasteiger partial charge is 0.491 e. The van der Waals surface area contributed by atoms with Crippen molar-refractivity contribution in [3.05, 3.63) is 65.2 Å². The highest BCUT2D eigenvalue weighted by Gasteiger charge is 2.12. The molecule has 0 saturated heterocycles. The van der Waals surface area contributed by atoms with Gasteiger partial charge in [-0.3, -0.25) is 4.79 Å². The first-order valence-corrected chi connectivity index (χ1v) is 5.84. The molecule has 0 aliphatic heterocycles. The molecule has 0 atom stereocenters. The molecular formula is C15H12F2O2. The van der Waals surface area contributed by atoms with Gasteiger partial charge in [0.25, 0.3) is 0 Å². The fourth-order valence-electron chi connectivity index (χ4n) is 1.71. The number of ether oxygens (including phenoxy) is 1. The maximum absolute atomic E-state index is 13.6. The summed E-state index contributed by atoms with van der Waals surface area (Å²) in [5, 5.41) is 0. The fraction of sp³-hybridized carbons (Fsp3) is 0.133. The lowest BCUT2D eigenvalue weighted by atomic mass is 10.0. The van der Waals surface area contributed by atoms with Gasteiger partial charge in [-0.05, 0) is 37.3 Å². The van der Waals surface area contributed by atoms with Crippen molar-refractivity contribution in [1.82, 2.24) is 0 Å². The zero-order chi connectivity index (χ0) is 13.8. The Morgan fingerprint density at radius 3 is 2.47 bits per heavy atom. The van der Waals surface area contributed by atoms with Gasteiger partial charge in [0, 0.05) is 11.1 Å². The first-order chi connectivity index (χ1) is 9.11. The van der Waals surface area contributed by atoms with Crippen molar-refractivity contribution in [2.45, 2.75) is 6.92 Å². The van der Waals surface area contributed by atoms with Gasteiger partial charge in [-0.2, -0.15) is 0 Å². The monoisotopic (exact) mass is 262 g/mol. The Balaban J connectivity index is 2.32. The normalized spacial score (nSPS) is 10.3. The van der Waals surface area contributed by atoms with Gasteiger partial charge in [0.15, 0.2) is 17.3 Å². The molecule has 0 spiro atoms. The number of benzene rings is 2. The third kappa shape index (κ3) is 2.96. The Hall–Kier alpha value is -2.23. The van der Waals surface area contributed by atoms with E-state index < -0.39 is 17.4 Å². The van der Waals surface area contributed by atoms with E-state index in [-0.39, 0.29) is 16.9 Å². The SMILES string of the molecule is CCOc1ccc(C(=O)c2cccc(F)c2)cc1F. The molecule has 0 fully saturated rings. The van der Waals surface area contributed by atoms with Crippen LogP contribution in [0, 0.1) is 11.6 Å². The van der Waals surface area contributed by atoms with Crippen LogP contribution in [0.5, 0.6) is 5.75 Å². The lowest BCUT2D eigenvalue weighted by Crippen LogP contribution is -2.03. The average Bonchev–Trinajstić information content (AvgIpc) is 2.40. The number of hydrogen-bond acceptors (Lipinski definition) is 2. The fourth-order valence-corrected chi connectivity index (χ4v) is 1.71. The van der Waals surface area contributed by atoms with E-state index in [0.717, 1.165) is 12.1 Å². The van der Waals surface area contributed by atoms with Crippen molar-refractivity contribution in [2.75, 3.05) is 6.61 Å². The van der Waals surface area contributed by atoms with Crippen molar-refractivity contribution >= 4 is 5.78 Å². The van der Waals surface area contributed by atoms with Crippen LogP contribution in [0.3, 0.4) is 0 Å². The van der Waals surface area contributed by atoms with Crippen LogP contribution >= 0.6 is 0 Å². The summed E-state index contributed by atoms with van der Waals surface area (Å²) in [6.45, 7) is 2.08. The zero-order valence-corrected chi connectivity index (χ0v) is 10.3. The molecule has 2 nitrogen and oxygen atoms in total. The van der Waals surface area contributed by atoms with Crippen LogP contribution in [0.15, 0.2) is 42.5 Å². The van der Waals surface area contributed by atoms with Gasteiger partial charge in [0.2, 0.25) is 0 Å². The Kier molecular flexibility index (Phi) is 3.90. The Morgan fingerprint density at radius 1 is 1.11 bits per heavy atom. The third-order valence-electron chi connectivity index (χ3n) is 2.58. The van der Waals surface area contributed by atoms with Gasteiger partial charge in [-0.15, -0.1) is 0 Å². The Morgan fingerprint density at radius 2 is 1.84 bits per heavy atom. The lowest BCUT2D eigenvalue weighted by Gasteiger charge is -2.06. The number of carbonyl (C=O) groups is 1. The molecule has 98 valence electrons. The molecular weight excluding hydrogens is 250 g/mol. The second kappa shape index (κ2) is 5.61. The third-order valence-corrected chi connectivity index (χ3v) is 2.58. The van der Waals surface area contributed by atoms with E-state index in [1.54, 1.807) is 6.92 Å². The van der Waals surface area contributed by atoms with E-state index in [1.807, 2.05) is 0 Å². The summed E-state index contributed by atoms with van der Waals surface area (Å²) in [6.07, 6.45) is 0. The van der Waals surface area contributed by atoms with E-state index in [0.29, 0.717) is 6.61 Å². The molecule has 0 aromatic heterocycles. The summed E-state index contributed by atoms with van der Waals surface area (Å²) in [5.41, 5.74) is 0.343. The van der Waals surface area contributed by atoms with Crippen molar-refractivity contribution in [1.29, 1.82) is 0 Å². The molecule has 0 bridgehead atoms. The first-order valence-electron chi connectivity index (χ1n) is 5.84. The minimum Gasteiger partial charge on any atom is -0.491 e. The number of carbonyl (C=O) groups excluding carboxylic acids is 1. The van der Waals surface area contributed by atoms with Crippen LogP contribution in [0.1, 0.15) is 22.8 Å². The summed E-state index contributed by atoms with van der Waals surface area (Å²) in [7, 11) is 0. The highest BCUT2D eigenvalue weighted by molar-refractivity contribution is 6.09. The Labute approximate surface area is 109 Å². The molecule has 2 aromatic carbocycles. The van der Waals surface area contributed by atoms with Gasteiger partial charge in [-0.25, -0.2) is 8.78 Å². The predicted octanol–water partition coefficient (Wildman–Crippen LogP) is 3.59. The molecule has 0 aliphatic rings. The van der Waals surface area contributed by atoms with E-state index in [1.165, 1.54) is 30.3 Å². The minimum atomic E-state index is -0.607. The van der Waals surface area contributed by atoms with Crippen LogP contribution in [0.25, 0.3) is 0 Å². The molecule has 0 unspecified atom stereocenters. The standard InChI is InChI=1S/C15H12F2O2/c1-2-19-14-7-6-11(9-13(14)17)15(18)10-4-3-5-12(16)8-10/h3-9H,2H2,1H3. The van der Waals surface area contributed by atoms with E-state index in [9.17, 15) is 13.6 Å². The molecule has 19 heavy (non-hydrogen) atoms. The second-order valence-electron chi connectivity index (χ2n) is 3.92.